The van der Waals surface area contributed by atoms with Crippen molar-refractivity contribution in [2.45, 2.75) is 63.9 Å². The van der Waals surface area contributed by atoms with Gasteiger partial charge in [0.2, 0.25) is 0 Å². The van der Waals surface area contributed by atoms with E-state index in [1.165, 1.54) is 13.8 Å². The summed E-state index contributed by atoms with van der Waals surface area (Å²) in [6.45, 7) is 5.58. The number of hydrogen-bond acceptors (Lipinski definition) is 9. The summed E-state index contributed by atoms with van der Waals surface area (Å²) in [4.78, 5) is 37.5. The molecule has 0 radical (unpaired) electrons. The van der Waals surface area contributed by atoms with Crippen molar-refractivity contribution in [2.75, 3.05) is 6.61 Å². The third kappa shape index (κ3) is 5.51. The summed E-state index contributed by atoms with van der Waals surface area (Å²) in [5.74, 6) is 1.54. The van der Waals surface area contributed by atoms with E-state index >= 15 is 0 Å². The van der Waals surface area contributed by atoms with Crippen molar-refractivity contribution in [3.8, 4) is 12.3 Å². The van der Waals surface area contributed by atoms with Crippen molar-refractivity contribution < 1.29 is 33.6 Å². The molecule has 172 valence electrons. The zero-order chi connectivity index (χ0) is 23.5. The number of rotatable bonds is 8. The van der Waals surface area contributed by atoms with Crippen molar-refractivity contribution in [3.05, 3.63) is 32.6 Å². The van der Waals surface area contributed by atoms with Gasteiger partial charge < -0.3 is 24.2 Å². The average Bonchev–Trinajstić information content (AvgIpc) is 2.94. The number of terminal acetylenes is 1. The smallest absolute Gasteiger partial charge is 0.330 e. The Morgan fingerprint density at radius 1 is 1.45 bits per heavy atom. The van der Waals surface area contributed by atoms with Gasteiger partial charge in [-0.3, -0.25) is 23.7 Å². The Labute approximate surface area is 178 Å². The molecule has 1 aliphatic heterocycles. The normalized spacial score (nSPS) is 27.6. The Balaban J connectivity index is 2.13. The molecule has 0 bridgehead atoms. The lowest BCUT2D eigenvalue weighted by molar-refractivity contribution is -0.149. The predicted octanol–water partition coefficient (Wildman–Crippen LogP) is -1.20. The number of aryl methyl sites for hydroxylation is 1. The van der Waals surface area contributed by atoms with E-state index in [-0.39, 0.29) is 11.7 Å². The van der Waals surface area contributed by atoms with Crippen LogP contribution in [-0.2, 0) is 23.4 Å². The number of nitrogens with one attached hydrogen (secondary N) is 2. The van der Waals surface area contributed by atoms with Crippen LogP contribution in [0.3, 0.4) is 0 Å². The molecule has 6 atom stereocenters. The van der Waals surface area contributed by atoms with Crippen LogP contribution in [-0.4, -0.2) is 62.3 Å². The lowest BCUT2D eigenvalue weighted by atomic mass is 9.97. The number of aromatic nitrogens is 2. The highest BCUT2D eigenvalue weighted by molar-refractivity contribution is 7.36. The lowest BCUT2D eigenvalue weighted by Crippen LogP contribution is -2.45. The van der Waals surface area contributed by atoms with Gasteiger partial charge in [0, 0.05) is 11.8 Å². The third-order valence-electron chi connectivity index (χ3n) is 4.55. The molecule has 2 rings (SSSR count). The molecule has 13 heteroatoms. The van der Waals surface area contributed by atoms with E-state index in [0.717, 1.165) is 10.8 Å². The van der Waals surface area contributed by atoms with Gasteiger partial charge in [-0.05, 0) is 27.7 Å². The van der Waals surface area contributed by atoms with Crippen LogP contribution in [0.2, 0.25) is 0 Å². The van der Waals surface area contributed by atoms with Gasteiger partial charge in [-0.15, -0.1) is 6.42 Å². The number of aliphatic hydroxyl groups excluding tert-OH is 2. The van der Waals surface area contributed by atoms with Crippen molar-refractivity contribution in [2.24, 2.45) is 0 Å². The van der Waals surface area contributed by atoms with Crippen LogP contribution in [0, 0.1) is 19.3 Å². The number of esters is 1. The van der Waals surface area contributed by atoms with Crippen LogP contribution in [0.25, 0.3) is 0 Å². The lowest BCUT2D eigenvalue weighted by Gasteiger charge is -2.26. The van der Waals surface area contributed by atoms with E-state index in [2.05, 4.69) is 16.0 Å². The van der Waals surface area contributed by atoms with Gasteiger partial charge in [-0.2, -0.15) is 0 Å². The number of aromatic amines is 1. The summed E-state index contributed by atoms with van der Waals surface area (Å²) in [7, 11) is -3.03. The fourth-order valence-corrected chi connectivity index (χ4v) is 3.75. The number of nitrogens with zero attached hydrogens (tertiary/aromatic N) is 1. The van der Waals surface area contributed by atoms with Gasteiger partial charge in [-0.25, -0.2) is 9.88 Å². The summed E-state index contributed by atoms with van der Waals surface area (Å²) in [5, 5.41) is 23.3. The van der Waals surface area contributed by atoms with Gasteiger partial charge >= 0.3 is 11.7 Å². The van der Waals surface area contributed by atoms with E-state index in [1.54, 1.807) is 13.8 Å². The first-order chi connectivity index (χ1) is 14.4. The molecule has 2 heterocycles. The molecule has 1 saturated heterocycles. The van der Waals surface area contributed by atoms with Gasteiger partial charge in [0.15, 0.2) is 11.8 Å². The monoisotopic (exact) mass is 459 g/mol. The van der Waals surface area contributed by atoms with E-state index in [4.69, 9.17) is 20.4 Å². The first-order valence-corrected chi connectivity index (χ1v) is 10.7. The molecule has 4 unspecified atom stereocenters. The Bertz CT molecular complexity index is 998. The van der Waals surface area contributed by atoms with E-state index in [9.17, 15) is 29.2 Å². The minimum atomic E-state index is -3.03. The fourth-order valence-electron chi connectivity index (χ4n) is 2.85. The summed E-state index contributed by atoms with van der Waals surface area (Å²) < 4.78 is 28.8. The van der Waals surface area contributed by atoms with Gasteiger partial charge in [-0.1, -0.05) is 5.92 Å². The molecule has 0 aliphatic carbocycles. The molecule has 0 saturated carbocycles. The zero-order valence-electron chi connectivity index (χ0n) is 17.4. The van der Waals surface area contributed by atoms with Gasteiger partial charge in [0.1, 0.15) is 18.2 Å². The number of ether oxygens (including phenoxy) is 2. The highest BCUT2D eigenvalue weighted by Gasteiger charge is 2.55. The summed E-state index contributed by atoms with van der Waals surface area (Å²) in [6, 6.07) is -0.939. The van der Waals surface area contributed by atoms with Crippen LogP contribution in [0.5, 0.6) is 0 Å². The summed E-state index contributed by atoms with van der Waals surface area (Å²) in [5.41, 5.74) is -3.28. The quantitative estimate of drug-likeness (QED) is 0.210. The maximum Gasteiger partial charge on any atom is 0.330 e. The largest absolute Gasteiger partial charge is 0.462 e. The highest BCUT2D eigenvalue weighted by Crippen LogP contribution is 2.38. The Hall–Kier alpha value is -2.26. The SMILES string of the molecule is C#C[C@]1(CO[PH](=O)N[C@@H](C)C(=O)OC(C)C)OC(n2cc(C)c(=O)[nH]c2=O)C(O)C1O. The van der Waals surface area contributed by atoms with Crippen molar-refractivity contribution >= 4 is 14.1 Å². The molecule has 0 spiro atoms. The summed E-state index contributed by atoms with van der Waals surface area (Å²) in [6.07, 6.45) is 1.49. The zero-order valence-corrected chi connectivity index (χ0v) is 18.4. The number of carbonyl (C=O) groups excluding carboxylic acids is 1. The molecule has 12 nitrogen and oxygen atoms in total. The number of hydrogen-bond donors (Lipinski definition) is 4. The standard InChI is InChI=1S/C18H26N3O9P/c1-6-18(8-28-31(27)20-11(5)16(25)29-9(2)3)13(23)12(22)15(30-18)21-7-10(4)14(24)19-17(21)26/h1,7,9,11-13,15,22-23,31H,8H2,2-5H3,(H,20,27)(H,19,24,26)/t11-,12?,13?,15?,18+/m0/s1. The van der Waals surface area contributed by atoms with Crippen LogP contribution in [0.4, 0.5) is 0 Å². The van der Waals surface area contributed by atoms with Crippen LogP contribution >= 0.6 is 8.18 Å². The average molecular weight is 459 g/mol. The van der Waals surface area contributed by atoms with Crippen molar-refractivity contribution in [1.82, 2.24) is 14.6 Å². The van der Waals surface area contributed by atoms with Gasteiger partial charge in [0.25, 0.3) is 13.7 Å². The molecule has 1 aromatic heterocycles. The molecule has 0 aromatic carbocycles. The maximum absolute atomic E-state index is 12.2. The molecule has 31 heavy (non-hydrogen) atoms. The second kappa shape index (κ2) is 9.91. The molecular formula is C18H26N3O9P. The van der Waals surface area contributed by atoms with Crippen molar-refractivity contribution in [1.29, 1.82) is 0 Å². The minimum Gasteiger partial charge on any atom is -0.462 e. The predicted molar refractivity (Wildman–Crippen MR) is 109 cm³/mol. The molecule has 0 amide bonds. The Morgan fingerprint density at radius 2 is 2.10 bits per heavy atom. The Kier molecular flexibility index (Phi) is 7.99. The second-order valence-corrected chi connectivity index (χ2v) is 8.54. The molecule has 1 fully saturated rings. The van der Waals surface area contributed by atoms with Crippen LogP contribution in [0.1, 0.15) is 32.6 Å². The van der Waals surface area contributed by atoms with E-state index in [0.29, 0.717) is 0 Å². The van der Waals surface area contributed by atoms with Gasteiger partial charge in [0.05, 0.1) is 12.7 Å². The van der Waals surface area contributed by atoms with Crippen LogP contribution in [0.15, 0.2) is 15.8 Å². The number of carbonyl (C=O) groups is 1. The van der Waals surface area contributed by atoms with E-state index in [1.807, 2.05) is 0 Å². The third-order valence-corrected chi connectivity index (χ3v) is 5.62. The summed E-state index contributed by atoms with van der Waals surface area (Å²) >= 11 is 0. The van der Waals surface area contributed by atoms with E-state index < -0.39 is 62.1 Å². The first kappa shape index (κ1) is 25.0. The number of H-pyrrole nitrogens is 1. The molecular weight excluding hydrogens is 433 g/mol. The molecule has 1 aliphatic rings. The van der Waals surface area contributed by atoms with Crippen molar-refractivity contribution in [3.63, 3.8) is 0 Å². The van der Waals surface area contributed by atoms with Crippen LogP contribution < -0.4 is 16.3 Å². The highest BCUT2D eigenvalue weighted by atomic mass is 31.1. The fraction of sp³-hybridized carbons (Fsp3) is 0.611. The number of aliphatic hydroxyl groups is 2. The minimum absolute atomic E-state index is 0.163. The molecule has 4 N–H and O–H groups in total. The first-order valence-electron chi connectivity index (χ1n) is 9.39. The topological polar surface area (TPSA) is 169 Å². The molecule has 1 aromatic rings. The second-order valence-electron chi connectivity index (χ2n) is 7.38. The maximum atomic E-state index is 12.2. The Morgan fingerprint density at radius 3 is 2.68 bits per heavy atom.